The minimum absolute atomic E-state index is 0.104. The number of likely N-dealkylation sites (tertiary alicyclic amines) is 1. The van der Waals surface area contributed by atoms with Crippen molar-refractivity contribution < 1.29 is 9.53 Å². The third kappa shape index (κ3) is 4.94. The number of aromatic nitrogens is 1. The second kappa shape index (κ2) is 9.02. The molecule has 1 amide bonds. The molecule has 2 fully saturated rings. The zero-order chi connectivity index (χ0) is 16.6. The number of hydrogen-bond acceptors (Lipinski definition) is 4. The summed E-state index contributed by atoms with van der Waals surface area (Å²) in [5.74, 6) is 0.929. The van der Waals surface area contributed by atoms with Crippen LogP contribution in [0.25, 0.3) is 0 Å². The maximum absolute atomic E-state index is 12.3. The fourth-order valence-electron chi connectivity index (χ4n) is 3.50. The molecule has 24 heavy (non-hydrogen) atoms. The minimum Gasteiger partial charge on any atom is -0.378 e. The Bertz CT molecular complexity index is 506. The minimum atomic E-state index is 0.104. The quantitative estimate of drug-likeness (QED) is 0.777. The lowest BCUT2D eigenvalue weighted by Crippen LogP contribution is -2.27. The SMILES string of the molecule is O=C(c1ccc(NCCCOC2CCCCC2)nc1)N1CCCC1. The van der Waals surface area contributed by atoms with E-state index in [1.807, 2.05) is 17.0 Å². The van der Waals surface area contributed by atoms with Gasteiger partial charge in [0, 0.05) is 32.4 Å². The topological polar surface area (TPSA) is 54.5 Å². The van der Waals surface area contributed by atoms with E-state index >= 15 is 0 Å². The molecule has 1 aromatic rings. The molecule has 1 saturated carbocycles. The highest BCUT2D eigenvalue weighted by Gasteiger charge is 2.19. The van der Waals surface area contributed by atoms with Crippen LogP contribution in [0.1, 0.15) is 61.7 Å². The van der Waals surface area contributed by atoms with E-state index in [9.17, 15) is 4.79 Å². The summed E-state index contributed by atoms with van der Waals surface area (Å²) in [5.41, 5.74) is 0.683. The second-order valence-corrected chi connectivity index (χ2v) is 6.84. The van der Waals surface area contributed by atoms with Crippen LogP contribution < -0.4 is 5.32 Å². The normalized spacial score (nSPS) is 18.8. The molecule has 132 valence electrons. The van der Waals surface area contributed by atoms with Crippen molar-refractivity contribution in [2.75, 3.05) is 31.6 Å². The molecule has 1 N–H and O–H groups in total. The van der Waals surface area contributed by atoms with Crippen molar-refractivity contribution in [1.29, 1.82) is 0 Å². The van der Waals surface area contributed by atoms with Gasteiger partial charge in [0.15, 0.2) is 0 Å². The first-order valence-corrected chi connectivity index (χ1v) is 9.44. The van der Waals surface area contributed by atoms with E-state index in [1.165, 1.54) is 32.1 Å². The average Bonchev–Trinajstić information content (AvgIpc) is 3.17. The van der Waals surface area contributed by atoms with E-state index < -0.39 is 0 Å². The predicted molar refractivity (Wildman–Crippen MR) is 95.3 cm³/mol. The maximum Gasteiger partial charge on any atom is 0.255 e. The number of anilines is 1. The van der Waals surface area contributed by atoms with Gasteiger partial charge in [-0.2, -0.15) is 0 Å². The number of carbonyl (C=O) groups is 1. The molecule has 0 spiro atoms. The second-order valence-electron chi connectivity index (χ2n) is 6.84. The Morgan fingerprint density at radius 2 is 1.96 bits per heavy atom. The lowest BCUT2D eigenvalue weighted by Gasteiger charge is -2.21. The Balaban J connectivity index is 1.34. The van der Waals surface area contributed by atoms with Crippen molar-refractivity contribution >= 4 is 11.7 Å². The summed E-state index contributed by atoms with van der Waals surface area (Å²) >= 11 is 0. The Morgan fingerprint density at radius 1 is 1.17 bits per heavy atom. The number of carbonyl (C=O) groups excluding carboxylic acids is 1. The number of rotatable bonds is 7. The Morgan fingerprint density at radius 3 is 2.67 bits per heavy atom. The maximum atomic E-state index is 12.3. The summed E-state index contributed by atoms with van der Waals surface area (Å²) in [6, 6.07) is 3.76. The van der Waals surface area contributed by atoms with Gasteiger partial charge in [-0.25, -0.2) is 4.98 Å². The van der Waals surface area contributed by atoms with Gasteiger partial charge in [-0.1, -0.05) is 19.3 Å². The summed E-state index contributed by atoms with van der Waals surface area (Å²) in [6.07, 6.45) is 11.8. The first-order valence-electron chi connectivity index (χ1n) is 9.44. The van der Waals surface area contributed by atoms with Gasteiger partial charge in [0.05, 0.1) is 11.7 Å². The summed E-state index contributed by atoms with van der Waals surface area (Å²) in [5, 5.41) is 3.30. The molecular formula is C19H29N3O2. The number of nitrogens with one attached hydrogen (secondary N) is 1. The molecule has 5 heteroatoms. The number of hydrogen-bond donors (Lipinski definition) is 1. The van der Waals surface area contributed by atoms with Crippen molar-refractivity contribution in [2.24, 2.45) is 0 Å². The van der Waals surface area contributed by atoms with Gasteiger partial charge in [-0.3, -0.25) is 4.79 Å². The molecule has 0 atom stereocenters. The van der Waals surface area contributed by atoms with Crippen molar-refractivity contribution in [2.45, 2.75) is 57.5 Å². The molecule has 0 aromatic carbocycles. The summed E-state index contributed by atoms with van der Waals surface area (Å²) in [7, 11) is 0. The van der Waals surface area contributed by atoms with Crippen LogP contribution in [0.5, 0.6) is 0 Å². The smallest absolute Gasteiger partial charge is 0.255 e. The van der Waals surface area contributed by atoms with Crippen molar-refractivity contribution in [3.05, 3.63) is 23.9 Å². The van der Waals surface area contributed by atoms with Gasteiger partial charge in [-0.15, -0.1) is 0 Å². The van der Waals surface area contributed by atoms with Gasteiger partial charge in [0.1, 0.15) is 5.82 Å². The highest BCUT2D eigenvalue weighted by Crippen LogP contribution is 2.20. The molecule has 1 aliphatic carbocycles. The molecule has 2 aliphatic rings. The molecule has 1 saturated heterocycles. The monoisotopic (exact) mass is 331 g/mol. The molecule has 2 heterocycles. The van der Waals surface area contributed by atoms with Crippen LogP contribution in [0, 0.1) is 0 Å². The predicted octanol–water partition coefficient (Wildman–Crippen LogP) is 3.47. The van der Waals surface area contributed by atoms with E-state index in [0.717, 1.165) is 51.3 Å². The Kier molecular flexibility index (Phi) is 6.47. The Labute approximate surface area is 144 Å². The van der Waals surface area contributed by atoms with Crippen molar-refractivity contribution in [3.63, 3.8) is 0 Å². The third-order valence-corrected chi connectivity index (χ3v) is 4.94. The molecule has 0 bridgehead atoms. The summed E-state index contributed by atoms with van der Waals surface area (Å²) in [6.45, 7) is 3.40. The lowest BCUT2D eigenvalue weighted by molar-refractivity contribution is 0.0284. The molecule has 1 aromatic heterocycles. The molecule has 1 aliphatic heterocycles. The van der Waals surface area contributed by atoms with Gasteiger partial charge in [0.25, 0.3) is 5.91 Å². The summed E-state index contributed by atoms with van der Waals surface area (Å²) < 4.78 is 5.92. The van der Waals surface area contributed by atoms with E-state index in [4.69, 9.17) is 4.74 Å². The first kappa shape index (κ1) is 17.2. The average molecular weight is 331 g/mol. The van der Waals surface area contributed by atoms with Crippen LogP contribution in [0.2, 0.25) is 0 Å². The Hall–Kier alpha value is -1.62. The van der Waals surface area contributed by atoms with Crippen LogP contribution in [0.3, 0.4) is 0 Å². The fourth-order valence-corrected chi connectivity index (χ4v) is 3.50. The van der Waals surface area contributed by atoms with Crippen LogP contribution in [-0.2, 0) is 4.74 Å². The fraction of sp³-hybridized carbons (Fsp3) is 0.684. The van der Waals surface area contributed by atoms with Crippen LogP contribution in [0.4, 0.5) is 5.82 Å². The van der Waals surface area contributed by atoms with Gasteiger partial charge in [-0.05, 0) is 44.2 Å². The summed E-state index contributed by atoms with van der Waals surface area (Å²) in [4.78, 5) is 18.5. The van der Waals surface area contributed by atoms with E-state index in [0.29, 0.717) is 11.7 Å². The van der Waals surface area contributed by atoms with Crippen LogP contribution >= 0.6 is 0 Å². The highest BCUT2D eigenvalue weighted by atomic mass is 16.5. The van der Waals surface area contributed by atoms with Gasteiger partial charge in [0.2, 0.25) is 0 Å². The van der Waals surface area contributed by atoms with E-state index in [-0.39, 0.29) is 5.91 Å². The van der Waals surface area contributed by atoms with Gasteiger partial charge < -0.3 is 15.0 Å². The number of ether oxygens (including phenoxy) is 1. The number of amides is 1. The molecule has 3 rings (SSSR count). The highest BCUT2D eigenvalue weighted by molar-refractivity contribution is 5.94. The van der Waals surface area contributed by atoms with E-state index in [1.54, 1.807) is 6.20 Å². The van der Waals surface area contributed by atoms with Gasteiger partial charge >= 0.3 is 0 Å². The lowest BCUT2D eigenvalue weighted by atomic mass is 9.98. The van der Waals surface area contributed by atoms with Crippen molar-refractivity contribution in [1.82, 2.24) is 9.88 Å². The molecule has 0 radical (unpaired) electrons. The third-order valence-electron chi connectivity index (χ3n) is 4.94. The molecule has 5 nitrogen and oxygen atoms in total. The number of nitrogens with zero attached hydrogens (tertiary/aromatic N) is 2. The largest absolute Gasteiger partial charge is 0.378 e. The zero-order valence-corrected chi connectivity index (χ0v) is 14.5. The first-order chi connectivity index (χ1) is 11.8. The standard InChI is InChI=1S/C19H29N3O2/c23-19(22-12-4-5-13-22)16-9-10-18(21-15-16)20-11-6-14-24-17-7-2-1-3-8-17/h9-10,15,17H,1-8,11-14H2,(H,20,21). The van der Waals surface area contributed by atoms with E-state index in [2.05, 4.69) is 10.3 Å². The number of pyridine rings is 1. The van der Waals surface area contributed by atoms with Crippen molar-refractivity contribution in [3.8, 4) is 0 Å². The van der Waals surface area contributed by atoms with Crippen LogP contribution in [-0.4, -0.2) is 48.1 Å². The molecule has 0 unspecified atom stereocenters. The zero-order valence-electron chi connectivity index (χ0n) is 14.5. The molecular weight excluding hydrogens is 302 g/mol. The van der Waals surface area contributed by atoms with Crippen LogP contribution in [0.15, 0.2) is 18.3 Å².